The largest absolute Gasteiger partial charge is 0.344 e. The van der Waals surface area contributed by atoms with Gasteiger partial charge in [-0.3, -0.25) is 4.79 Å². The number of carbonyl (C=O) groups excluding carboxylic acids is 1. The van der Waals surface area contributed by atoms with Gasteiger partial charge >= 0.3 is 0 Å². The number of aryl methyl sites for hydroxylation is 1. The van der Waals surface area contributed by atoms with E-state index in [2.05, 4.69) is 66.1 Å². The van der Waals surface area contributed by atoms with Gasteiger partial charge in [-0.25, -0.2) is 0 Å². The quantitative estimate of drug-likeness (QED) is 0.288. The van der Waals surface area contributed by atoms with E-state index < -0.39 is 0 Å². The van der Waals surface area contributed by atoms with Crippen molar-refractivity contribution in [3.8, 4) is 0 Å². The Balaban J connectivity index is 1.49. The van der Waals surface area contributed by atoms with Crippen LogP contribution in [0.2, 0.25) is 0 Å². The molecule has 0 aliphatic heterocycles. The Hall–Kier alpha value is -2.78. The lowest BCUT2D eigenvalue weighted by Gasteiger charge is -2.10. The molecule has 0 saturated heterocycles. The van der Waals surface area contributed by atoms with E-state index >= 15 is 0 Å². The molecule has 0 aliphatic rings. The molecular weight excluding hydrogens is 362 g/mol. The number of benzene rings is 3. The van der Waals surface area contributed by atoms with E-state index in [4.69, 9.17) is 0 Å². The number of aromatic nitrogens is 1. The van der Waals surface area contributed by atoms with Crippen LogP contribution in [0.15, 0.2) is 83.8 Å². The summed E-state index contributed by atoms with van der Waals surface area (Å²) in [5, 5.41) is 2.43. The third-order valence-electron chi connectivity index (χ3n) is 5.15. The van der Waals surface area contributed by atoms with Crippen LogP contribution in [0.25, 0.3) is 10.8 Å². The normalized spacial score (nSPS) is 11.1. The minimum atomic E-state index is 0.186. The maximum absolute atomic E-state index is 12.9. The van der Waals surface area contributed by atoms with E-state index in [1.165, 1.54) is 16.3 Å². The summed E-state index contributed by atoms with van der Waals surface area (Å²) >= 11 is 1.61. The van der Waals surface area contributed by atoms with Gasteiger partial charge in [0, 0.05) is 28.4 Å². The average molecular weight is 386 g/mol. The van der Waals surface area contributed by atoms with Gasteiger partial charge < -0.3 is 4.57 Å². The van der Waals surface area contributed by atoms with Gasteiger partial charge in [0.2, 0.25) is 0 Å². The van der Waals surface area contributed by atoms with Crippen LogP contribution in [0.4, 0.5) is 0 Å². The molecule has 4 aromatic rings. The van der Waals surface area contributed by atoms with Gasteiger partial charge in [-0.2, -0.15) is 0 Å². The van der Waals surface area contributed by atoms with E-state index in [-0.39, 0.29) is 5.78 Å². The first-order chi connectivity index (χ1) is 13.6. The highest BCUT2D eigenvalue weighted by Gasteiger charge is 2.16. The minimum absolute atomic E-state index is 0.186. The molecule has 140 valence electrons. The topological polar surface area (TPSA) is 22.0 Å². The van der Waals surface area contributed by atoms with Crippen LogP contribution in [0.1, 0.15) is 27.3 Å². The zero-order valence-corrected chi connectivity index (χ0v) is 17.0. The van der Waals surface area contributed by atoms with Crippen molar-refractivity contribution in [2.24, 2.45) is 0 Å². The first kappa shape index (κ1) is 18.6. The second-order valence-electron chi connectivity index (χ2n) is 7.08. The maximum Gasteiger partial charge on any atom is 0.174 e. The number of rotatable bonds is 6. The molecule has 28 heavy (non-hydrogen) atoms. The van der Waals surface area contributed by atoms with Crippen molar-refractivity contribution < 1.29 is 4.79 Å². The fourth-order valence-corrected chi connectivity index (χ4v) is 4.40. The molecule has 0 fully saturated rings. The number of fused-ring (bicyclic) bond motifs is 1. The molecule has 1 heterocycles. The Morgan fingerprint density at radius 2 is 1.57 bits per heavy atom. The molecule has 0 aliphatic carbocycles. The summed E-state index contributed by atoms with van der Waals surface area (Å²) in [6.45, 7) is 4.91. The molecule has 1 aromatic heterocycles. The summed E-state index contributed by atoms with van der Waals surface area (Å²) in [4.78, 5) is 14.0. The first-order valence-electron chi connectivity index (χ1n) is 9.47. The van der Waals surface area contributed by atoms with Gasteiger partial charge in [-0.1, -0.05) is 60.7 Å². The van der Waals surface area contributed by atoms with Crippen molar-refractivity contribution in [1.82, 2.24) is 4.57 Å². The summed E-state index contributed by atoms with van der Waals surface area (Å²) in [7, 11) is 0. The minimum Gasteiger partial charge on any atom is -0.344 e. The van der Waals surface area contributed by atoms with Gasteiger partial charge in [0.05, 0.1) is 5.75 Å². The number of Topliss-reactive ketones (excluding diaryl/α,β-unsaturated/α-hetero) is 1. The smallest absolute Gasteiger partial charge is 0.174 e. The van der Waals surface area contributed by atoms with Crippen LogP contribution in [0, 0.1) is 13.8 Å². The maximum atomic E-state index is 12.9. The highest BCUT2D eigenvalue weighted by Crippen LogP contribution is 2.26. The second-order valence-corrected chi connectivity index (χ2v) is 8.13. The van der Waals surface area contributed by atoms with Crippen molar-refractivity contribution in [3.63, 3.8) is 0 Å². The molecule has 0 radical (unpaired) electrons. The summed E-state index contributed by atoms with van der Waals surface area (Å²) in [5.41, 5.74) is 4.25. The van der Waals surface area contributed by atoms with Crippen molar-refractivity contribution in [2.45, 2.75) is 25.3 Å². The van der Waals surface area contributed by atoms with Crippen LogP contribution >= 0.6 is 11.8 Å². The summed E-state index contributed by atoms with van der Waals surface area (Å²) < 4.78 is 2.23. The van der Waals surface area contributed by atoms with E-state index in [0.29, 0.717) is 5.75 Å². The average Bonchev–Trinajstić information content (AvgIpc) is 3.01. The fourth-order valence-electron chi connectivity index (χ4n) is 3.58. The highest BCUT2D eigenvalue weighted by molar-refractivity contribution is 8.00. The summed E-state index contributed by atoms with van der Waals surface area (Å²) in [6.07, 6.45) is 0. The number of thioether (sulfide) groups is 1. The molecule has 3 aromatic carbocycles. The zero-order valence-electron chi connectivity index (χ0n) is 16.2. The zero-order chi connectivity index (χ0) is 19.5. The summed E-state index contributed by atoms with van der Waals surface area (Å²) in [6, 6.07) is 27.1. The molecule has 3 heteroatoms. The Kier molecular flexibility index (Phi) is 5.36. The van der Waals surface area contributed by atoms with Crippen LogP contribution in [-0.2, 0) is 6.54 Å². The van der Waals surface area contributed by atoms with Gasteiger partial charge in [0.1, 0.15) is 0 Å². The third-order valence-corrected chi connectivity index (χ3v) is 6.14. The lowest BCUT2D eigenvalue weighted by Crippen LogP contribution is -2.07. The first-order valence-corrected chi connectivity index (χ1v) is 10.5. The lowest BCUT2D eigenvalue weighted by atomic mass is 10.1. The van der Waals surface area contributed by atoms with Crippen LogP contribution < -0.4 is 0 Å². The van der Waals surface area contributed by atoms with Gasteiger partial charge in [0.15, 0.2) is 5.78 Å². The number of hydrogen-bond donors (Lipinski definition) is 0. The molecule has 0 amide bonds. The highest BCUT2D eigenvalue weighted by atomic mass is 32.2. The van der Waals surface area contributed by atoms with Gasteiger partial charge in [0.25, 0.3) is 0 Å². The molecule has 2 nitrogen and oxygen atoms in total. The van der Waals surface area contributed by atoms with Crippen LogP contribution in [0.5, 0.6) is 0 Å². The molecule has 0 spiro atoms. The molecule has 0 saturated carbocycles. The predicted molar refractivity (Wildman–Crippen MR) is 118 cm³/mol. The number of hydrogen-bond acceptors (Lipinski definition) is 2. The van der Waals surface area contributed by atoms with E-state index in [1.54, 1.807) is 11.8 Å². The SMILES string of the molecule is Cc1cc(C(=O)CSc2ccc3ccccc3c2)c(C)n1Cc1ccccc1. The Labute approximate surface area is 170 Å². The van der Waals surface area contributed by atoms with E-state index in [0.717, 1.165) is 28.4 Å². The lowest BCUT2D eigenvalue weighted by molar-refractivity contribution is 0.102. The van der Waals surface area contributed by atoms with E-state index in [1.807, 2.05) is 31.2 Å². The Morgan fingerprint density at radius 1 is 0.857 bits per heavy atom. The fraction of sp³-hybridized carbons (Fsp3) is 0.160. The molecular formula is C25H23NOS. The number of carbonyl (C=O) groups is 1. The number of ketones is 1. The second kappa shape index (κ2) is 8.07. The van der Waals surface area contributed by atoms with Crippen molar-refractivity contribution in [1.29, 1.82) is 0 Å². The molecule has 0 N–H and O–H groups in total. The van der Waals surface area contributed by atoms with Crippen molar-refractivity contribution in [3.05, 3.63) is 101 Å². The van der Waals surface area contributed by atoms with Gasteiger partial charge in [-0.15, -0.1) is 11.8 Å². The third kappa shape index (κ3) is 3.90. The monoisotopic (exact) mass is 385 g/mol. The van der Waals surface area contributed by atoms with E-state index in [9.17, 15) is 4.79 Å². The van der Waals surface area contributed by atoms with Crippen molar-refractivity contribution >= 4 is 28.3 Å². The summed E-state index contributed by atoms with van der Waals surface area (Å²) in [5.74, 6) is 0.638. The standard InChI is InChI=1S/C25H23NOS/c1-18-14-24(19(2)26(18)16-20-8-4-3-5-9-20)25(27)17-28-23-13-12-21-10-6-7-11-22(21)15-23/h3-15H,16-17H2,1-2H3. The molecule has 0 bridgehead atoms. The Bertz CT molecular complexity index is 1130. The molecule has 0 atom stereocenters. The molecule has 0 unspecified atom stereocenters. The van der Waals surface area contributed by atoms with Crippen LogP contribution in [-0.4, -0.2) is 16.1 Å². The Morgan fingerprint density at radius 3 is 2.36 bits per heavy atom. The van der Waals surface area contributed by atoms with Crippen LogP contribution in [0.3, 0.4) is 0 Å². The molecule has 4 rings (SSSR count). The predicted octanol–water partition coefficient (Wildman–Crippen LogP) is 6.28. The van der Waals surface area contributed by atoms with Gasteiger partial charge in [-0.05, 0) is 48.4 Å². The van der Waals surface area contributed by atoms with Crippen molar-refractivity contribution in [2.75, 3.05) is 5.75 Å². The number of nitrogens with zero attached hydrogens (tertiary/aromatic N) is 1.